The molecule has 0 saturated heterocycles. The molecule has 0 saturated carbocycles. The number of hydrogen-bond donors (Lipinski definition) is 1. The Morgan fingerprint density at radius 2 is 2.14 bits per heavy atom. The molecule has 21 heavy (non-hydrogen) atoms. The molecule has 3 rings (SSSR count). The molecule has 0 spiro atoms. The first-order chi connectivity index (χ1) is 10.2. The molecule has 4 heteroatoms. The molecular formula is C17H14BrNO2. The Labute approximate surface area is 131 Å². The zero-order valence-electron chi connectivity index (χ0n) is 11.3. The smallest absolute Gasteiger partial charge is 0.248 e. The van der Waals surface area contributed by atoms with Gasteiger partial charge in [-0.25, -0.2) is 0 Å². The van der Waals surface area contributed by atoms with E-state index in [1.165, 1.54) is 6.08 Å². The molecule has 0 fully saturated rings. The lowest BCUT2D eigenvalue weighted by atomic mass is 10.1. The summed E-state index contributed by atoms with van der Waals surface area (Å²) in [6, 6.07) is 13.5. The van der Waals surface area contributed by atoms with Crippen molar-refractivity contribution in [3.05, 3.63) is 64.1 Å². The van der Waals surface area contributed by atoms with Gasteiger partial charge in [0.2, 0.25) is 5.91 Å². The molecule has 106 valence electrons. The Balaban J connectivity index is 1.66. The largest absolute Gasteiger partial charge is 0.493 e. The topological polar surface area (TPSA) is 38.3 Å². The molecule has 1 aliphatic heterocycles. The molecule has 0 aliphatic carbocycles. The van der Waals surface area contributed by atoms with Gasteiger partial charge in [0.15, 0.2) is 0 Å². The molecule has 0 radical (unpaired) electrons. The fourth-order valence-electron chi connectivity index (χ4n) is 2.23. The standard InChI is InChI=1S/C17H14BrNO2/c18-14-3-1-2-12(10-14)4-7-17(20)19-15-5-6-16-13(11-15)8-9-21-16/h1-7,10-11H,8-9H2,(H,19,20)/b7-4+. The molecule has 1 heterocycles. The second-order valence-corrected chi connectivity index (χ2v) is 5.71. The number of ether oxygens (including phenoxy) is 1. The summed E-state index contributed by atoms with van der Waals surface area (Å²) in [6.45, 7) is 0.718. The fourth-order valence-corrected chi connectivity index (χ4v) is 2.65. The highest BCUT2D eigenvalue weighted by atomic mass is 79.9. The molecular weight excluding hydrogens is 330 g/mol. The summed E-state index contributed by atoms with van der Waals surface area (Å²) in [7, 11) is 0. The Kier molecular flexibility index (Phi) is 4.06. The minimum atomic E-state index is -0.145. The van der Waals surface area contributed by atoms with Crippen LogP contribution in [0.4, 0.5) is 5.69 Å². The number of benzene rings is 2. The highest BCUT2D eigenvalue weighted by Crippen LogP contribution is 2.27. The number of carbonyl (C=O) groups is 1. The summed E-state index contributed by atoms with van der Waals surface area (Å²) >= 11 is 3.41. The average Bonchev–Trinajstić information content (AvgIpc) is 2.93. The van der Waals surface area contributed by atoms with Crippen LogP contribution in [0.25, 0.3) is 6.08 Å². The van der Waals surface area contributed by atoms with Gasteiger partial charge in [-0.05, 0) is 47.5 Å². The molecule has 0 unspecified atom stereocenters. The van der Waals surface area contributed by atoms with Gasteiger partial charge in [-0.3, -0.25) is 4.79 Å². The Morgan fingerprint density at radius 3 is 3.00 bits per heavy atom. The van der Waals surface area contributed by atoms with Crippen LogP contribution in [0.5, 0.6) is 5.75 Å². The number of halogens is 1. The van der Waals surface area contributed by atoms with E-state index in [1.807, 2.05) is 42.5 Å². The molecule has 0 aromatic heterocycles. The van der Waals surface area contributed by atoms with E-state index in [2.05, 4.69) is 21.2 Å². The lowest BCUT2D eigenvalue weighted by molar-refractivity contribution is -0.111. The number of nitrogens with one attached hydrogen (secondary N) is 1. The van der Waals surface area contributed by atoms with Crippen molar-refractivity contribution in [2.75, 3.05) is 11.9 Å². The van der Waals surface area contributed by atoms with Crippen LogP contribution < -0.4 is 10.1 Å². The molecule has 3 nitrogen and oxygen atoms in total. The van der Waals surface area contributed by atoms with E-state index in [0.717, 1.165) is 40.1 Å². The van der Waals surface area contributed by atoms with Gasteiger partial charge in [0.05, 0.1) is 6.61 Å². The molecule has 1 N–H and O–H groups in total. The third kappa shape index (κ3) is 3.52. The minimum absolute atomic E-state index is 0.145. The predicted molar refractivity (Wildman–Crippen MR) is 87.4 cm³/mol. The van der Waals surface area contributed by atoms with E-state index in [-0.39, 0.29) is 5.91 Å². The van der Waals surface area contributed by atoms with Crippen molar-refractivity contribution in [1.29, 1.82) is 0 Å². The van der Waals surface area contributed by atoms with Crippen LogP contribution in [-0.2, 0) is 11.2 Å². The third-order valence-corrected chi connectivity index (χ3v) is 3.73. The van der Waals surface area contributed by atoms with Gasteiger partial charge in [-0.2, -0.15) is 0 Å². The summed E-state index contributed by atoms with van der Waals surface area (Å²) in [5.41, 5.74) is 2.91. The van der Waals surface area contributed by atoms with E-state index in [4.69, 9.17) is 4.74 Å². The normalized spacial score (nSPS) is 13.0. The summed E-state index contributed by atoms with van der Waals surface area (Å²) < 4.78 is 6.43. The van der Waals surface area contributed by atoms with Gasteiger partial charge < -0.3 is 10.1 Å². The van der Waals surface area contributed by atoms with Crippen LogP contribution in [0.3, 0.4) is 0 Å². The number of hydrogen-bond acceptors (Lipinski definition) is 2. The Hall–Kier alpha value is -2.07. The maximum Gasteiger partial charge on any atom is 0.248 e. The van der Waals surface area contributed by atoms with Crippen LogP contribution in [0.2, 0.25) is 0 Å². The minimum Gasteiger partial charge on any atom is -0.493 e. The zero-order valence-corrected chi connectivity index (χ0v) is 12.9. The SMILES string of the molecule is O=C(/C=C/c1cccc(Br)c1)Nc1ccc2c(c1)CCO2. The first-order valence-electron chi connectivity index (χ1n) is 6.71. The van der Waals surface area contributed by atoms with Crippen LogP contribution in [-0.4, -0.2) is 12.5 Å². The zero-order chi connectivity index (χ0) is 14.7. The first-order valence-corrected chi connectivity index (χ1v) is 7.50. The van der Waals surface area contributed by atoms with E-state index < -0.39 is 0 Å². The number of amides is 1. The fraction of sp³-hybridized carbons (Fsp3) is 0.118. The van der Waals surface area contributed by atoms with Crippen LogP contribution in [0, 0.1) is 0 Å². The summed E-state index contributed by atoms with van der Waals surface area (Å²) in [6.07, 6.45) is 4.22. The van der Waals surface area contributed by atoms with Crippen molar-refractivity contribution < 1.29 is 9.53 Å². The number of fused-ring (bicyclic) bond motifs is 1. The van der Waals surface area contributed by atoms with Gasteiger partial charge in [-0.1, -0.05) is 28.1 Å². The molecule has 1 amide bonds. The monoisotopic (exact) mass is 343 g/mol. The van der Waals surface area contributed by atoms with Gasteiger partial charge in [0, 0.05) is 22.7 Å². The second-order valence-electron chi connectivity index (χ2n) is 4.80. The molecule has 2 aromatic carbocycles. The van der Waals surface area contributed by atoms with Crippen LogP contribution in [0.15, 0.2) is 53.0 Å². The van der Waals surface area contributed by atoms with Crippen LogP contribution >= 0.6 is 15.9 Å². The Bertz CT molecular complexity index is 710. The van der Waals surface area contributed by atoms with Crippen molar-refractivity contribution in [3.8, 4) is 5.75 Å². The number of rotatable bonds is 3. The van der Waals surface area contributed by atoms with Gasteiger partial charge >= 0.3 is 0 Å². The van der Waals surface area contributed by atoms with E-state index in [9.17, 15) is 4.79 Å². The van der Waals surface area contributed by atoms with Crippen molar-refractivity contribution in [2.24, 2.45) is 0 Å². The molecule has 0 bridgehead atoms. The van der Waals surface area contributed by atoms with Crippen molar-refractivity contribution in [3.63, 3.8) is 0 Å². The highest BCUT2D eigenvalue weighted by molar-refractivity contribution is 9.10. The van der Waals surface area contributed by atoms with Crippen molar-refractivity contribution >= 4 is 33.6 Å². The quantitative estimate of drug-likeness (QED) is 0.854. The molecule has 1 aliphatic rings. The number of anilines is 1. The average molecular weight is 344 g/mol. The Morgan fingerprint density at radius 1 is 1.24 bits per heavy atom. The van der Waals surface area contributed by atoms with Gasteiger partial charge in [-0.15, -0.1) is 0 Å². The maximum absolute atomic E-state index is 11.9. The van der Waals surface area contributed by atoms with Crippen molar-refractivity contribution in [1.82, 2.24) is 0 Å². The van der Waals surface area contributed by atoms with E-state index >= 15 is 0 Å². The lowest BCUT2D eigenvalue weighted by Gasteiger charge is -2.04. The molecule has 0 atom stereocenters. The van der Waals surface area contributed by atoms with E-state index in [1.54, 1.807) is 6.08 Å². The molecule has 2 aromatic rings. The summed E-state index contributed by atoms with van der Waals surface area (Å²) in [4.78, 5) is 11.9. The second kappa shape index (κ2) is 6.14. The highest BCUT2D eigenvalue weighted by Gasteiger charge is 2.12. The number of carbonyl (C=O) groups excluding carboxylic acids is 1. The summed E-state index contributed by atoms with van der Waals surface area (Å²) in [5.74, 6) is 0.770. The van der Waals surface area contributed by atoms with Crippen molar-refractivity contribution in [2.45, 2.75) is 6.42 Å². The lowest BCUT2D eigenvalue weighted by Crippen LogP contribution is -2.07. The van der Waals surface area contributed by atoms with E-state index in [0.29, 0.717) is 0 Å². The maximum atomic E-state index is 11.9. The first kappa shape index (κ1) is 13.9. The summed E-state index contributed by atoms with van der Waals surface area (Å²) in [5, 5.41) is 2.86. The van der Waals surface area contributed by atoms with Gasteiger partial charge in [0.1, 0.15) is 5.75 Å². The predicted octanol–water partition coefficient (Wildman–Crippen LogP) is 4.04. The van der Waals surface area contributed by atoms with Gasteiger partial charge in [0.25, 0.3) is 0 Å². The third-order valence-electron chi connectivity index (χ3n) is 3.23. The van der Waals surface area contributed by atoms with Crippen LogP contribution in [0.1, 0.15) is 11.1 Å².